The summed E-state index contributed by atoms with van der Waals surface area (Å²) in [7, 11) is -1.47. The van der Waals surface area contributed by atoms with Gasteiger partial charge in [0.05, 0.1) is 17.1 Å². The van der Waals surface area contributed by atoms with E-state index in [9.17, 15) is 8.42 Å². The predicted octanol–water partition coefficient (Wildman–Crippen LogP) is 1.82. The van der Waals surface area contributed by atoms with Crippen molar-refractivity contribution in [1.82, 2.24) is 9.78 Å². The summed E-state index contributed by atoms with van der Waals surface area (Å²) in [6, 6.07) is 0. The van der Waals surface area contributed by atoms with Crippen LogP contribution in [0, 0.1) is 6.92 Å². The van der Waals surface area contributed by atoms with E-state index in [0.717, 1.165) is 30.8 Å². The Hall–Kier alpha value is -1.30. The van der Waals surface area contributed by atoms with E-state index in [0.29, 0.717) is 11.6 Å². The van der Waals surface area contributed by atoms with E-state index in [1.807, 2.05) is 6.92 Å². The number of anilines is 1. The maximum absolute atomic E-state index is 12.2. The summed E-state index contributed by atoms with van der Waals surface area (Å²) in [6.07, 6.45) is 7.13. The topological polar surface area (TPSA) is 55.2 Å². The lowest BCUT2D eigenvalue weighted by Crippen LogP contribution is -2.37. The van der Waals surface area contributed by atoms with Crippen molar-refractivity contribution in [2.45, 2.75) is 37.6 Å². The van der Waals surface area contributed by atoms with Gasteiger partial charge < -0.3 is 4.90 Å². The fourth-order valence-corrected chi connectivity index (χ4v) is 4.90. The van der Waals surface area contributed by atoms with E-state index >= 15 is 0 Å². The van der Waals surface area contributed by atoms with E-state index in [4.69, 9.17) is 0 Å². The highest BCUT2D eigenvalue weighted by Crippen LogP contribution is 2.34. The number of hydrogen-bond acceptors (Lipinski definition) is 4. The molecule has 5 nitrogen and oxygen atoms in total. The first-order valence-corrected chi connectivity index (χ1v) is 8.83. The fraction of sp³-hybridized carbons (Fsp3) is 0.643. The lowest BCUT2D eigenvalue weighted by molar-refractivity contribution is 0.569. The van der Waals surface area contributed by atoms with Gasteiger partial charge in [-0.3, -0.25) is 4.68 Å². The molecule has 110 valence electrons. The Bertz CT molecular complexity index is 658. The third-order valence-electron chi connectivity index (χ3n) is 4.16. The second-order valence-corrected chi connectivity index (χ2v) is 7.74. The largest absolute Gasteiger partial charge is 0.363 e. The Morgan fingerprint density at radius 1 is 1.35 bits per heavy atom. The van der Waals surface area contributed by atoms with Crippen LogP contribution in [0.2, 0.25) is 0 Å². The molecule has 3 rings (SSSR count). The van der Waals surface area contributed by atoms with Gasteiger partial charge in [0.2, 0.25) is 0 Å². The summed E-state index contributed by atoms with van der Waals surface area (Å²) in [6.45, 7) is 3.30. The van der Waals surface area contributed by atoms with Gasteiger partial charge in [-0.05, 0) is 32.6 Å². The average molecular weight is 295 g/mol. The van der Waals surface area contributed by atoms with Crippen molar-refractivity contribution >= 4 is 15.5 Å². The van der Waals surface area contributed by atoms with Crippen LogP contribution in [0.3, 0.4) is 0 Å². The Morgan fingerprint density at radius 3 is 2.85 bits per heavy atom. The number of hydrogen-bond donors (Lipinski definition) is 0. The molecular weight excluding hydrogens is 274 g/mol. The lowest BCUT2D eigenvalue weighted by Gasteiger charge is -2.31. The van der Waals surface area contributed by atoms with Gasteiger partial charge in [0, 0.05) is 20.1 Å². The molecule has 0 atom stereocenters. The summed E-state index contributed by atoms with van der Waals surface area (Å²) < 4.78 is 26.0. The first kappa shape index (κ1) is 13.7. The molecule has 0 amide bonds. The zero-order chi connectivity index (χ0) is 14.3. The average Bonchev–Trinajstić information content (AvgIpc) is 2.71. The second kappa shape index (κ2) is 4.91. The third-order valence-corrected chi connectivity index (χ3v) is 5.93. The minimum atomic E-state index is -3.19. The molecule has 0 radical (unpaired) electrons. The monoisotopic (exact) mass is 295 g/mol. The van der Waals surface area contributed by atoms with E-state index < -0.39 is 9.84 Å². The molecule has 1 aliphatic carbocycles. The number of allylic oxidation sites excluding steroid dienone is 1. The maximum Gasteiger partial charge on any atom is 0.199 e. The van der Waals surface area contributed by atoms with E-state index in [1.165, 1.54) is 23.1 Å². The van der Waals surface area contributed by atoms with Crippen LogP contribution in [0.1, 0.15) is 31.4 Å². The van der Waals surface area contributed by atoms with Gasteiger partial charge in [-0.15, -0.1) is 0 Å². The molecule has 0 aromatic carbocycles. The fourth-order valence-electron chi connectivity index (χ4n) is 3.23. The van der Waals surface area contributed by atoms with E-state index in [2.05, 4.69) is 16.1 Å². The summed E-state index contributed by atoms with van der Waals surface area (Å²) in [5.41, 5.74) is 3.05. The molecule has 2 heterocycles. The Kier molecular flexibility index (Phi) is 3.36. The number of sulfone groups is 1. The quantitative estimate of drug-likeness (QED) is 0.781. The van der Waals surface area contributed by atoms with Crippen molar-refractivity contribution in [1.29, 1.82) is 0 Å². The molecule has 0 fully saturated rings. The van der Waals surface area contributed by atoms with Gasteiger partial charge in [-0.25, -0.2) is 8.42 Å². The molecule has 1 aromatic rings. The Labute approximate surface area is 120 Å². The molecule has 1 aromatic heterocycles. The zero-order valence-corrected chi connectivity index (χ0v) is 12.9. The highest BCUT2D eigenvalue weighted by atomic mass is 32.2. The normalized spacial score (nSPS) is 21.5. The highest BCUT2D eigenvalue weighted by Gasteiger charge is 2.34. The van der Waals surface area contributed by atoms with Crippen molar-refractivity contribution in [3.8, 4) is 0 Å². The Morgan fingerprint density at radius 2 is 2.15 bits per heavy atom. The van der Waals surface area contributed by atoms with Gasteiger partial charge in [-0.1, -0.05) is 11.6 Å². The van der Waals surface area contributed by atoms with Crippen molar-refractivity contribution in [2.24, 2.45) is 7.05 Å². The first-order chi connectivity index (χ1) is 9.49. The number of aryl methyl sites for hydroxylation is 2. The summed E-state index contributed by atoms with van der Waals surface area (Å²) >= 11 is 0. The zero-order valence-electron chi connectivity index (χ0n) is 12.1. The standard InChI is InChI=1S/C14H21N3O2S/c1-11-13-14(16(2)15-11)20(18,19)9-8-17(13)10-12-6-4-3-5-7-12/h6H,3-5,7-10H2,1-2H3. The van der Waals surface area contributed by atoms with Gasteiger partial charge in [0.15, 0.2) is 14.9 Å². The number of fused-ring (bicyclic) bond motifs is 1. The second-order valence-electron chi connectivity index (χ2n) is 5.71. The number of rotatable bonds is 2. The summed E-state index contributed by atoms with van der Waals surface area (Å²) in [5, 5.41) is 4.69. The van der Waals surface area contributed by atoms with Crippen molar-refractivity contribution < 1.29 is 8.42 Å². The number of aromatic nitrogens is 2. The van der Waals surface area contributed by atoms with Crippen LogP contribution in [0.15, 0.2) is 16.7 Å². The number of nitrogens with zero attached hydrogens (tertiary/aromatic N) is 3. The van der Waals surface area contributed by atoms with Crippen LogP contribution in [-0.4, -0.2) is 37.0 Å². The molecular formula is C14H21N3O2S. The maximum atomic E-state index is 12.2. The minimum absolute atomic E-state index is 0.187. The molecule has 0 saturated carbocycles. The molecule has 20 heavy (non-hydrogen) atoms. The van der Waals surface area contributed by atoms with E-state index in [-0.39, 0.29) is 5.75 Å². The van der Waals surface area contributed by atoms with Crippen LogP contribution in [-0.2, 0) is 16.9 Å². The smallest absolute Gasteiger partial charge is 0.199 e. The van der Waals surface area contributed by atoms with Crippen LogP contribution in [0.5, 0.6) is 0 Å². The van der Waals surface area contributed by atoms with Crippen molar-refractivity contribution in [3.05, 3.63) is 17.3 Å². The van der Waals surface area contributed by atoms with Gasteiger partial charge in [-0.2, -0.15) is 5.10 Å². The molecule has 0 spiro atoms. The third kappa shape index (κ3) is 2.26. The van der Waals surface area contributed by atoms with E-state index in [1.54, 1.807) is 7.05 Å². The predicted molar refractivity (Wildman–Crippen MR) is 78.8 cm³/mol. The lowest BCUT2D eigenvalue weighted by atomic mass is 9.99. The summed E-state index contributed by atoms with van der Waals surface area (Å²) in [5.74, 6) is 0.187. The molecule has 0 bridgehead atoms. The summed E-state index contributed by atoms with van der Waals surface area (Å²) in [4.78, 5) is 2.19. The molecule has 2 aliphatic rings. The molecule has 0 N–H and O–H groups in total. The van der Waals surface area contributed by atoms with Crippen LogP contribution >= 0.6 is 0 Å². The van der Waals surface area contributed by atoms with Gasteiger partial charge in [0.25, 0.3) is 0 Å². The Balaban J connectivity index is 1.97. The molecule has 1 aliphatic heterocycles. The van der Waals surface area contributed by atoms with Crippen molar-refractivity contribution in [2.75, 3.05) is 23.7 Å². The van der Waals surface area contributed by atoms with Crippen molar-refractivity contribution in [3.63, 3.8) is 0 Å². The van der Waals surface area contributed by atoms with Crippen LogP contribution in [0.25, 0.3) is 0 Å². The first-order valence-electron chi connectivity index (χ1n) is 7.18. The van der Waals surface area contributed by atoms with Crippen LogP contribution < -0.4 is 4.90 Å². The van der Waals surface area contributed by atoms with Gasteiger partial charge >= 0.3 is 0 Å². The minimum Gasteiger partial charge on any atom is -0.363 e. The molecule has 0 unspecified atom stereocenters. The van der Waals surface area contributed by atoms with Crippen LogP contribution in [0.4, 0.5) is 5.69 Å². The molecule has 6 heteroatoms. The van der Waals surface area contributed by atoms with Gasteiger partial charge in [0.1, 0.15) is 0 Å². The highest BCUT2D eigenvalue weighted by molar-refractivity contribution is 7.91. The SMILES string of the molecule is Cc1nn(C)c2c1N(CC1=CCCCC1)CCS2(=O)=O. The molecule has 0 saturated heterocycles.